The van der Waals surface area contributed by atoms with Gasteiger partial charge in [-0.2, -0.15) is 0 Å². The van der Waals surface area contributed by atoms with E-state index in [0.29, 0.717) is 29.0 Å². The molecule has 1 unspecified atom stereocenters. The van der Waals surface area contributed by atoms with E-state index in [9.17, 15) is 0 Å². The summed E-state index contributed by atoms with van der Waals surface area (Å²) in [7, 11) is 0. The van der Waals surface area contributed by atoms with Crippen molar-refractivity contribution in [1.29, 1.82) is 0 Å². The zero-order chi connectivity index (χ0) is 20.7. The van der Waals surface area contributed by atoms with Gasteiger partial charge in [-0.25, -0.2) is 0 Å². The molecule has 9 rings (SSSR count). The molecule has 0 spiro atoms. The van der Waals surface area contributed by atoms with Gasteiger partial charge in [0.1, 0.15) is 0 Å². The zero-order valence-electron chi connectivity index (χ0n) is 19.0. The molecule has 6 bridgehead atoms. The second kappa shape index (κ2) is 6.43. The monoisotopic (exact) mass is 400 g/mol. The molecule has 7 aliphatic rings. The van der Waals surface area contributed by atoms with Gasteiger partial charge in [-0.05, 0) is 61.0 Å². The Kier molecular flexibility index (Phi) is 4.09. The van der Waals surface area contributed by atoms with Gasteiger partial charge in [0.2, 0.25) is 0 Å². The molecule has 5 aliphatic heterocycles. The Morgan fingerprint density at radius 1 is 0.867 bits per heavy atom. The highest BCUT2D eigenvalue weighted by Gasteiger charge is 2.73. The number of hydrogen-bond acceptors (Lipinski definition) is 2. The summed E-state index contributed by atoms with van der Waals surface area (Å²) in [5, 5.41) is 0. The molecule has 5 saturated heterocycles. The molecule has 2 nitrogen and oxygen atoms in total. The molecular weight excluding hydrogens is 364 g/mol. The maximum Gasteiger partial charge on any atom is 0.0326 e. The Morgan fingerprint density at radius 2 is 1.47 bits per heavy atom. The quantitative estimate of drug-likeness (QED) is 0.614. The summed E-state index contributed by atoms with van der Waals surface area (Å²) in [5.74, 6) is 0.810. The topological polar surface area (TPSA) is 6.48 Å². The van der Waals surface area contributed by atoms with Crippen molar-refractivity contribution in [1.82, 2.24) is 9.80 Å². The molecule has 2 aromatic carbocycles. The summed E-state index contributed by atoms with van der Waals surface area (Å²) < 4.78 is 0. The number of benzene rings is 2. The van der Waals surface area contributed by atoms with Gasteiger partial charge in [0.05, 0.1) is 0 Å². The number of fused-ring (bicyclic) bond motifs is 2. The van der Waals surface area contributed by atoms with E-state index in [1.54, 1.807) is 0 Å². The average molecular weight is 401 g/mol. The van der Waals surface area contributed by atoms with Gasteiger partial charge >= 0.3 is 0 Å². The normalized spacial score (nSPS) is 41.9. The van der Waals surface area contributed by atoms with E-state index in [0.717, 1.165) is 18.0 Å². The van der Waals surface area contributed by atoms with Crippen molar-refractivity contribution in [3.8, 4) is 0 Å². The van der Waals surface area contributed by atoms with Gasteiger partial charge in [-0.3, -0.25) is 9.80 Å². The summed E-state index contributed by atoms with van der Waals surface area (Å²) in [5.41, 5.74) is 3.76. The smallest absolute Gasteiger partial charge is 0.0326 e. The van der Waals surface area contributed by atoms with Crippen LogP contribution in [0.1, 0.15) is 70.2 Å². The van der Waals surface area contributed by atoms with Crippen LogP contribution in [0.2, 0.25) is 0 Å². The predicted molar refractivity (Wildman–Crippen MR) is 123 cm³/mol. The van der Waals surface area contributed by atoms with Crippen LogP contribution in [0.15, 0.2) is 60.7 Å². The van der Waals surface area contributed by atoms with Crippen LogP contribution in [-0.4, -0.2) is 34.5 Å². The van der Waals surface area contributed by atoms with Gasteiger partial charge in [0.15, 0.2) is 0 Å². The van der Waals surface area contributed by atoms with E-state index >= 15 is 0 Å². The lowest BCUT2D eigenvalue weighted by molar-refractivity contribution is -0.300. The lowest BCUT2D eigenvalue weighted by Crippen LogP contribution is -2.85. The molecule has 2 saturated carbocycles. The highest BCUT2D eigenvalue weighted by molar-refractivity contribution is 5.31. The van der Waals surface area contributed by atoms with Crippen LogP contribution >= 0.6 is 0 Å². The molecule has 7 fully saturated rings. The van der Waals surface area contributed by atoms with Crippen LogP contribution in [0.3, 0.4) is 0 Å². The molecule has 0 radical (unpaired) electrons. The fourth-order valence-corrected chi connectivity index (χ4v) is 8.78. The first kappa shape index (κ1) is 19.1. The van der Waals surface area contributed by atoms with E-state index in [-0.39, 0.29) is 0 Å². The van der Waals surface area contributed by atoms with E-state index in [2.05, 4.69) is 98.2 Å². The Bertz CT molecular complexity index is 926. The van der Waals surface area contributed by atoms with E-state index in [1.807, 2.05) is 0 Å². The van der Waals surface area contributed by atoms with Crippen LogP contribution in [-0.2, 0) is 0 Å². The van der Waals surface area contributed by atoms with Gasteiger partial charge < -0.3 is 0 Å². The summed E-state index contributed by atoms with van der Waals surface area (Å²) >= 11 is 0. The van der Waals surface area contributed by atoms with Crippen molar-refractivity contribution < 1.29 is 0 Å². The van der Waals surface area contributed by atoms with E-state index in [1.165, 1.54) is 36.9 Å². The van der Waals surface area contributed by atoms with Gasteiger partial charge in [0.25, 0.3) is 0 Å². The van der Waals surface area contributed by atoms with Crippen molar-refractivity contribution in [2.24, 2.45) is 16.7 Å². The van der Waals surface area contributed by atoms with Crippen molar-refractivity contribution in [2.75, 3.05) is 6.54 Å². The minimum atomic E-state index is 0.386. The highest BCUT2D eigenvalue weighted by atomic mass is 15.4. The zero-order valence-corrected chi connectivity index (χ0v) is 19.0. The number of piperidine rings is 5. The molecular formula is C28H36N2. The minimum Gasteiger partial charge on any atom is -0.292 e. The van der Waals surface area contributed by atoms with Crippen molar-refractivity contribution in [2.45, 2.75) is 77.2 Å². The molecule has 2 heteroatoms. The fourth-order valence-electron chi connectivity index (χ4n) is 8.78. The van der Waals surface area contributed by atoms with Gasteiger partial charge in [0, 0.05) is 36.8 Å². The van der Waals surface area contributed by atoms with Crippen LogP contribution in [0.4, 0.5) is 0 Å². The largest absolute Gasteiger partial charge is 0.292 e. The van der Waals surface area contributed by atoms with Crippen LogP contribution < -0.4 is 0 Å². The lowest BCUT2D eigenvalue weighted by Gasteiger charge is -2.80. The molecule has 30 heavy (non-hydrogen) atoms. The second-order valence-electron chi connectivity index (χ2n) is 11.3. The second-order valence-corrected chi connectivity index (χ2v) is 11.3. The molecule has 0 amide bonds. The molecule has 2 aliphatic carbocycles. The minimum absolute atomic E-state index is 0.386. The van der Waals surface area contributed by atoms with Crippen LogP contribution in [0.5, 0.6) is 0 Å². The fraction of sp³-hybridized carbons (Fsp3) is 0.571. The van der Waals surface area contributed by atoms with Crippen molar-refractivity contribution >= 4 is 0 Å². The Labute approximate surface area is 182 Å². The third kappa shape index (κ3) is 2.38. The summed E-state index contributed by atoms with van der Waals surface area (Å²) in [6, 6.07) is 25.7. The highest BCUT2D eigenvalue weighted by Crippen LogP contribution is 2.70. The van der Waals surface area contributed by atoms with Crippen molar-refractivity contribution in [3.05, 3.63) is 71.8 Å². The van der Waals surface area contributed by atoms with Crippen molar-refractivity contribution in [3.63, 3.8) is 0 Å². The van der Waals surface area contributed by atoms with Gasteiger partial charge in [-0.15, -0.1) is 0 Å². The lowest BCUT2D eigenvalue weighted by atomic mass is 9.40. The molecule has 2 aromatic rings. The molecule has 0 N–H and O–H groups in total. The van der Waals surface area contributed by atoms with Crippen LogP contribution in [0.25, 0.3) is 0 Å². The third-order valence-corrected chi connectivity index (χ3v) is 9.63. The Hall–Kier alpha value is -1.64. The molecule has 5 heterocycles. The van der Waals surface area contributed by atoms with Crippen LogP contribution in [0, 0.1) is 16.7 Å². The first-order chi connectivity index (χ1) is 14.4. The summed E-state index contributed by atoms with van der Waals surface area (Å²) in [6.07, 6.45) is 4.21. The standard InChI is InChI=1S/C28H36N2/c1-19(21-11-7-5-8-12-21)29-18-27(3)17-23-24-15-16-28(4,25(23)29)26(27)30(24)20(2)22-13-9-6-10-14-22/h5-14,19-20,23-26H,15-18H2,1-4H3/t19-,20+,23+,24+,25+,26+,27?,28-/m1/s1. The first-order valence-corrected chi connectivity index (χ1v) is 12.1. The SMILES string of the molecule is C[C@H](c1ccccc1)N1CC2(C)C[C@@H]3[C@H]1[C@@]1(C)CC[C@@H]3N([C@@H](C)c3ccccc3)[C@@H]21. The first-order valence-electron chi connectivity index (χ1n) is 12.1. The average Bonchev–Trinajstić information content (AvgIpc) is 2.77. The molecule has 8 atom stereocenters. The third-order valence-electron chi connectivity index (χ3n) is 9.63. The molecule has 158 valence electrons. The number of hydrogen-bond donors (Lipinski definition) is 0. The van der Waals surface area contributed by atoms with Gasteiger partial charge in [-0.1, -0.05) is 74.5 Å². The van der Waals surface area contributed by atoms with E-state index in [4.69, 9.17) is 0 Å². The number of rotatable bonds is 4. The summed E-state index contributed by atoms with van der Waals surface area (Å²) in [6.45, 7) is 11.4. The predicted octanol–water partition coefficient (Wildman–Crippen LogP) is 6.07. The summed E-state index contributed by atoms with van der Waals surface area (Å²) in [4.78, 5) is 5.92. The Morgan fingerprint density at radius 3 is 2.07 bits per heavy atom. The maximum absolute atomic E-state index is 2.99. The molecule has 0 aromatic heterocycles. The Balaban J connectivity index is 1.40. The van der Waals surface area contributed by atoms with E-state index < -0.39 is 0 Å². The number of nitrogens with zero attached hydrogens (tertiary/aromatic N) is 2. The maximum atomic E-state index is 2.99.